The van der Waals surface area contributed by atoms with E-state index in [4.69, 9.17) is 10.5 Å². The number of ether oxygens (including phenoxy) is 1. The van der Waals surface area contributed by atoms with Gasteiger partial charge in [0.25, 0.3) is 0 Å². The van der Waals surface area contributed by atoms with E-state index in [-0.39, 0.29) is 0 Å². The van der Waals surface area contributed by atoms with Gasteiger partial charge in [-0.15, -0.1) is 0 Å². The molecule has 1 heterocycles. The molecule has 3 nitrogen and oxygen atoms in total. The molecule has 0 saturated heterocycles. The molecule has 2 rings (SSSR count). The van der Waals surface area contributed by atoms with Crippen LogP contribution in [0.5, 0.6) is 0 Å². The quantitative estimate of drug-likeness (QED) is 0.794. The van der Waals surface area contributed by atoms with Gasteiger partial charge in [-0.3, -0.25) is 0 Å². The minimum atomic E-state index is 0.724. The molecule has 0 amide bonds. The number of aliphatic imine (C=N–C) groups is 1. The van der Waals surface area contributed by atoms with Gasteiger partial charge in [-0.2, -0.15) is 0 Å². The molecule has 17 heavy (non-hydrogen) atoms. The monoisotopic (exact) mass is 230 g/mol. The van der Waals surface area contributed by atoms with E-state index in [0.717, 1.165) is 35.9 Å². The van der Waals surface area contributed by atoms with Crippen molar-refractivity contribution in [3.8, 4) is 0 Å². The molecular weight excluding hydrogens is 212 g/mol. The van der Waals surface area contributed by atoms with Gasteiger partial charge in [-0.05, 0) is 24.6 Å². The number of nitrogens with two attached hydrogens (primary N) is 1. The van der Waals surface area contributed by atoms with Gasteiger partial charge in [0, 0.05) is 11.3 Å². The number of nitrogens with zero attached hydrogens (tertiary/aromatic N) is 1. The Kier molecular flexibility index (Phi) is 5.01. The van der Waals surface area contributed by atoms with E-state index in [1.54, 1.807) is 6.08 Å². The van der Waals surface area contributed by atoms with Crippen molar-refractivity contribution in [2.75, 3.05) is 18.9 Å². The maximum atomic E-state index is 5.45. The van der Waals surface area contributed by atoms with E-state index in [9.17, 15) is 0 Å². The molecule has 0 atom stereocenters. The fourth-order valence-electron chi connectivity index (χ4n) is 1.23. The summed E-state index contributed by atoms with van der Waals surface area (Å²) in [5.41, 5.74) is 8.26. The summed E-state index contributed by atoms with van der Waals surface area (Å²) in [5, 5.41) is 0. The number of hydrogen-bond acceptors (Lipinski definition) is 3. The van der Waals surface area contributed by atoms with Crippen LogP contribution in [-0.4, -0.2) is 19.0 Å². The van der Waals surface area contributed by atoms with Gasteiger partial charge >= 0.3 is 0 Å². The number of anilines is 1. The predicted molar refractivity (Wildman–Crippen MR) is 74.0 cm³/mol. The van der Waals surface area contributed by atoms with Gasteiger partial charge in [-0.25, -0.2) is 4.99 Å². The minimum Gasteiger partial charge on any atom is -0.476 e. The van der Waals surface area contributed by atoms with Crippen LogP contribution in [0, 0.1) is 0 Å². The first-order valence-corrected chi connectivity index (χ1v) is 5.44. The number of hydrogen-bond donors (Lipinski definition) is 1. The second kappa shape index (κ2) is 6.53. The van der Waals surface area contributed by atoms with Crippen molar-refractivity contribution in [1.29, 1.82) is 0 Å². The van der Waals surface area contributed by atoms with Crippen LogP contribution in [0.4, 0.5) is 5.69 Å². The molecule has 0 aliphatic carbocycles. The van der Waals surface area contributed by atoms with Crippen LogP contribution < -0.4 is 5.73 Å². The van der Waals surface area contributed by atoms with Crippen LogP contribution in [0.3, 0.4) is 0 Å². The third-order valence-electron chi connectivity index (χ3n) is 2.12. The SMILES string of the molecule is C=C(C)C1=NCCO1.C=Cc1ccc(N)cc1. The summed E-state index contributed by atoms with van der Waals surface area (Å²) in [6.07, 6.45) is 1.79. The summed E-state index contributed by atoms with van der Waals surface area (Å²) >= 11 is 0. The van der Waals surface area contributed by atoms with Gasteiger partial charge in [0.05, 0.1) is 6.54 Å². The Bertz CT molecular complexity index is 418. The molecule has 0 saturated carbocycles. The van der Waals surface area contributed by atoms with Crippen molar-refractivity contribution in [1.82, 2.24) is 0 Å². The highest BCUT2D eigenvalue weighted by Crippen LogP contribution is 2.05. The third-order valence-corrected chi connectivity index (χ3v) is 2.12. The Balaban J connectivity index is 0.000000171. The van der Waals surface area contributed by atoms with Crippen molar-refractivity contribution in [2.45, 2.75) is 6.92 Å². The number of rotatable bonds is 2. The van der Waals surface area contributed by atoms with E-state index in [2.05, 4.69) is 18.2 Å². The first kappa shape index (κ1) is 13.0. The second-order valence-electron chi connectivity index (χ2n) is 3.69. The summed E-state index contributed by atoms with van der Waals surface area (Å²) in [6, 6.07) is 7.58. The van der Waals surface area contributed by atoms with Crippen molar-refractivity contribution >= 4 is 17.7 Å². The maximum Gasteiger partial charge on any atom is 0.211 e. The van der Waals surface area contributed by atoms with Crippen molar-refractivity contribution < 1.29 is 4.74 Å². The summed E-state index contributed by atoms with van der Waals surface area (Å²) < 4.78 is 5.06. The van der Waals surface area contributed by atoms with Crippen molar-refractivity contribution in [3.05, 3.63) is 48.6 Å². The summed E-state index contributed by atoms with van der Waals surface area (Å²) in [4.78, 5) is 4.03. The molecule has 1 aromatic carbocycles. The Morgan fingerprint density at radius 2 is 2.06 bits per heavy atom. The lowest BCUT2D eigenvalue weighted by atomic mass is 10.2. The van der Waals surface area contributed by atoms with Gasteiger partial charge in [0.2, 0.25) is 5.90 Å². The molecule has 0 aromatic heterocycles. The molecule has 0 fully saturated rings. The average molecular weight is 230 g/mol. The van der Waals surface area contributed by atoms with E-state index in [0.29, 0.717) is 0 Å². The van der Waals surface area contributed by atoms with E-state index in [1.807, 2.05) is 31.2 Å². The zero-order chi connectivity index (χ0) is 12.7. The van der Waals surface area contributed by atoms with Crippen molar-refractivity contribution in [3.63, 3.8) is 0 Å². The van der Waals surface area contributed by atoms with Crippen LogP contribution in [0.1, 0.15) is 12.5 Å². The second-order valence-corrected chi connectivity index (χ2v) is 3.69. The lowest BCUT2D eigenvalue weighted by molar-refractivity contribution is 0.347. The average Bonchev–Trinajstić information content (AvgIpc) is 2.84. The first-order chi connectivity index (χ1) is 8.13. The molecule has 0 unspecified atom stereocenters. The van der Waals surface area contributed by atoms with E-state index < -0.39 is 0 Å². The highest BCUT2D eigenvalue weighted by molar-refractivity contribution is 5.93. The fourth-order valence-corrected chi connectivity index (χ4v) is 1.23. The molecule has 1 aliphatic rings. The van der Waals surface area contributed by atoms with Crippen LogP contribution >= 0.6 is 0 Å². The highest BCUT2D eigenvalue weighted by Gasteiger charge is 2.05. The van der Waals surface area contributed by atoms with Crippen LogP contribution in [0.2, 0.25) is 0 Å². The van der Waals surface area contributed by atoms with Gasteiger partial charge in [0.15, 0.2) is 0 Å². The summed E-state index contributed by atoms with van der Waals surface area (Å²) in [5.74, 6) is 0.727. The zero-order valence-corrected chi connectivity index (χ0v) is 10.1. The minimum absolute atomic E-state index is 0.724. The molecule has 0 spiro atoms. The smallest absolute Gasteiger partial charge is 0.211 e. The molecule has 3 heteroatoms. The number of benzene rings is 1. The maximum absolute atomic E-state index is 5.45. The highest BCUT2D eigenvalue weighted by atomic mass is 16.5. The zero-order valence-electron chi connectivity index (χ0n) is 10.1. The topological polar surface area (TPSA) is 47.6 Å². The lowest BCUT2D eigenvalue weighted by Crippen LogP contribution is -1.97. The summed E-state index contributed by atoms with van der Waals surface area (Å²) in [7, 11) is 0. The van der Waals surface area contributed by atoms with Gasteiger partial charge in [0.1, 0.15) is 6.61 Å². The Hall–Kier alpha value is -2.03. The molecule has 2 N–H and O–H groups in total. The Labute approximate surface area is 102 Å². The largest absolute Gasteiger partial charge is 0.476 e. The van der Waals surface area contributed by atoms with E-state index in [1.165, 1.54) is 0 Å². The van der Waals surface area contributed by atoms with Gasteiger partial charge < -0.3 is 10.5 Å². The molecule has 1 aromatic rings. The lowest BCUT2D eigenvalue weighted by Gasteiger charge is -1.95. The molecule has 90 valence electrons. The summed E-state index contributed by atoms with van der Waals surface area (Å²) in [6.45, 7) is 10.7. The van der Waals surface area contributed by atoms with Crippen LogP contribution in [0.15, 0.2) is 48.0 Å². The van der Waals surface area contributed by atoms with E-state index >= 15 is 0 Å². The Morgan fingerprint density at radius 3 is 2.41 bits per heavy atom. The molecule has 0 bridgehead atoms. The normalized spacial score (nSPS) is 12.9. The third kappa shape index (κ3) is 4.55. The van der Waals surface area contributed by atoms with Crippen LogP contribution in [-0.2, 0) is 4.74 Å². The van der Waals surface area contributed by atoms with Crippen LogP contribution in [0.25, 0.3) is 6.08 Å². The van der Waals surface area contributed by atoms with Crippen molar-refractivity contribution in [2.24, 2.45) is 4.99 Å². The molecular formula is C14H18N2O. The standard InChI is InChI=1S/C8H9N.C6H9NO/c1-2-7-3-5-8(9)6-4-7;1-5(2)6-7-3-4-8-6/h2-6H,1,9H2;1,3-4H2,2H3. The first-order valence-electron chi connectivity index (χ1n) is 5.44. The fraction of sp³-hybridized carbons (Fsp3) is 0.214. The van der Waals surface area contributed by atoms with Gasteiger partial charge in [-0.1, -0.05) is 31.4 Å². The predicted octanol–water partition coefficient (Wildman–Crippen LogP) is 2.90. The number of nitrogen functional groups attached to an aromatic ring is 1. The molecule has 1 aliphatic heterocycles. The Morgan fingerprint density at radius 1 is 1.41 bits per heavy atom. The molecule has 0 radical (unpaired) electrons.